The number of anilines is 6. The molecule has 0 spiro atoms. The highest BCUT2D eigenvalue weighted by atomic mass is 32.2. The fourth-order valence-electron chi connectivity index (χ4n) is 6.25. The Balaban J connectivity index is 1.13. The molecule has 0 fully saturated rings. The normalized spacial score (nSPS) is 15.2. The van der Waals surface area contributed by atoms with E-state index in [1.54, 1.807) is 0 Å². The van der Waals surface area contributed by atoms with Gasteiger partial charge in [0.2, 0.25) is 11.6 Å². The van der Waals surface area contributed by atoms with Crippen LogP contribution in [0.5, 0.6) is 0 Å². The molecule has 0 bridgehead atoms. The number of fused-ring (bicyclic) bond motifs is 2. The zero-order valence-electron chi connectivity index (χ0n) is 32.1. The number of hydrogen-bond acceptors (Lipinski definition) is 16. The Morgan fingerprint density at radius 3 is 1.19 bits per heavy atom. The topological polar surface area (TPSA) is 324 Å². The second-order valence-electron chi connectivity index (χ2n) is 13.6. The van der Waals surface area contributed by atoms with Crippen LogP contribution in [0.4, 0.5) is 34.1 Å². The van der Waals surface area contributed by atoms with Gasteiger partial charge < -0.3 is 20.8 Å². The molecule has 2 aliphatic carbocycles. The van der Waals surface area contributed by atoms with E-state index in [-0.39, 0.29) is 56.4 Å². The second kappa shape index (κ2) is 17.1. The van der Waals surface area contributed by atoms with E-state index >= 15 is 0 Å². The van der Waals surface area contributed by atoms with E-state index in [9.17, 15) is 54.7 Å². The molecule has 0 aromatic heterocycles. The summed E-state index contributed by atoms with van der Waals surface area (Å²) >= 11 is 0. The molecule has 8 N–H and O–H groups in total. The van der Waals surface area contributed by atoms with E-state index < -0.39 is 75.8 Å². The van der Waals surface area contributed by atoms with Gasteiger partial charge in [0.25, 0.3) is 31.1 Å². The number of carboxylic acid groups (broad SMARTS) is 2. The van der Waals surface area contributed by atoms with Gasteiger partial charge in [-0.1, -0.05) is 36.4 Å². The van der Waals surface area contributed by atoms with Crippen molar-refractivity contribution in [3.05, 3.63) is 161 Å². The fraction of sp³-hybridized carbons (Fsp3) is 0. The molecule has 5 aromatic carbocycles. The molecule has 5 aromatic rings. The maximum absolute atomic E-state index is 13.7. The third kappa shape index (κ3) is 9.39. The summed E-state index contributed by atoms with van der Waals surface area (Å²) in [5.74, 6) is -4.21. The highest BCUT2D eigenvalue weighted by Gasteiger charge is 2.35. The first-order valence-corrected chi connectivity index (χ1v) is 21.0. The van der Waals surface area contributed by atoms with Gasteiger partial charge in [0.15, 0.2) is 11.4 Å². The first-order chi connectivity index (χ1) is 30.3. The number of rotatable bonds is 14. The number of ketones is 2. The predicted molar refractivity (Wildman–Crippen MR) is 237 cm³/mol. The number of carbonyl (C=O) groups excluding carboxylic acids is 2. The second-order valence-corrected chi connectivity index (χ2v) is 16.4. The summed E-state index contributed by atoms with van der Waals surface area (Å²) in [6.07, 6.45) is 6.53. The number of allylic oxidation sites excluding steroid dienone is 2. The molecule has 64 heavy (non-hydrogen) atoms. The first-order valence-electron chi connectivity index (χ1n) is 18.1. The summed E-state index contributed by atoms with van der Waals surface area (Å²) in [4.78, 5) is 73.1. The summed E-state index contributed by atoms with van der Waals surface area (Å²) in [6.45, 7) is 0. The zero-order valence-corrected chi connectivity index (χ0v) is 33.8. The average Bonchev–Trinajstić information content (AvgIpc) is 3.25. The van der Waals surface area contributed by atoms with E-state index in [2.05, 4.69) is 31.7 Å². The van der Waals surface area contributed by atoms with Gasteiger partial charge in [0.05, 0.1) is 11.4 Å². The Hall–Kier alpha value is -8.44. The van der Waals surface area contributed by atoms with Crippen LogP contribution < -0.4 is 32.3 Å². The fourth-order valence-corrected chi connectivity index (χ4v) is 7.57. The summed E-state index contributed by atoms with van der Waals surface area (Å²) < 4.78 is 69.3. The lowest BCUT2D eigenvalue weighted by Crippen LogP contribution is -2.36. The summed E-state index contributed by atoms with van der Waals surface area (Å²) in [5, 5.41) is 31.1. The number of aliphatic carboxylic acids is 2. The molecular formula is C42H28N6O14S2. The van der Waals surface area contributed by atoms with Gasteiger partial charge in [-0.05, 0) is 95.1 Å². The lowest BCUT2D eigenvalue weighted by atomic mass is 9.93. The summed E-state index contributed by atoms with van der Waals surface area (Å²) in [5.41, 5.74) is 2.91. The molecule has 0 amide bonds. The highest BCUT2D eigenvalue weighted by Crippen LogP contribution is 2.33. The van der Waals surface area contributed by atoms with E-state index in [0.29, 0.717) is 11.1 Å². The monoisotopic (exact) mass is 904 g/mol. The van der Waals surface area contributed by atoms with Crippen molar-refractivity contribution in [3.8, 4) is 0 Å². The SMILES string of the molecule is O=C(O)/C=C/c1ccc(N/N=C2\C(=O)c3cc(Nc4c(Nc5ccc6c(c5)C(=O)/C(=N\Nc5ccc(/C=C/C(=O)O)cc5)C(S(=O)(=O)O)=C6)c(=O)c4=O)ccc3C=C2S(=O)(=O)O)cc1. The zero-order chi connectivity index (χ0) is 46.1. The maximum Gasteiger partial charge on any atom is 0.328 e. The Labute approximate surface area is 360 Å². The van der Waals surface area contributed by atoms with Gasteiger partial charge in [0.1, 0.15) is 21.2 Å². The van der Waals surface area contributed by atoms with Gasteiger partial charge in [-0.25, -0.2) is 9.59 Å². The van der Waals surface area contributed by atoms with Crippen molar-refractivity contribution in [2.24, 2.45) is 10.2 Å². The Morgan fingerprint density at radius 1 is 0.516 bits per heavy atom. The number of carboxylic acids is 2. The Morgan fingerprint density at radius 2 is 0.859 bits per heavy atom. The molecule has 0 atom stereocenters. The highest BCUT2D eigenvalue weighted by molar-refractivity contribution is 7.91. The number of nitrogens with zero attached hydrogens (tertiary/aromatic N) is 2. The van der Waals surface area contributed by atoms with Gasteiger partial charge in [-0.2, -0.15) is 27.0 Å². The van der Waals surface area contributed by atoms with Crippen LogP contribution in [0, 0.1) is 0 Å². The number of carbonyl (C=O) groups is 4. The third-order valence-corrected chi connectivity index (χ3v) is 11.1. The molecule has 322 valence electrons. The standard InChI is InChI=1S/C42H28N6O14S2/c49-33(50)15-5-21-1-9-25(10-2-21)45-47-35-31(63(57,58)59)17-23-7-13-27(19-29(23)39(35)53)43-37-38(42(56)41(37)55)44-28-14-8-24-18-32(64(60,61)62)36(40(54)30(24)20-28)48-46-26-11-3-22(4-12-26)6-16-34(51)52/h1-20,43-46H,(H,49,50)(H,51,52)(H,57,58,59)(H,60,61,62)/b15-5+,16-6+,47-35-,48-36-. The quantitative estimate of drug-likeness (QED) is 0.0322. The first kappa shape index (κ1) is 43.6. The molecule has 0 aliphatic heterocycles. The van der Waals surface area contributed by atoms with Crippen molar-refractivity contribution in [1.82, 2.24) is 0 Å². The van der Waals surface area contributed by atoms with Crippen LogP contribution >= 0.6 is 0 Å². The van der Waals surface area contributed by atoms with E-state index in [0.717, 1.165) is 24.3 Å². The molecule has 2 aliphatic rings. The Kier molecular flexibility index (Phi) is 11.7. The van der Waals surface area contributed by atoms with Crippen LogP contribution in [0.3, 0.4) is 0 Å². The summed E-state index contributed by atoms with van der Waals surface area (Å²) in [7, 11) is -9.98. The lowest BCUT2D eigenvalue weighted by molar-refractivity contribution is -0.132. The number of nitrogens with one attached hydrogen (secondary N) is 4. The molecule has 0 radical (unpaired) electrons. The van der Waals surface area contributed by atoms with E-state index in [1.807, 2.05) is 0 Å². The maximum atomic E-state index is 13.7. The van der Waals surface area contributed by atoms with Gasteiger partial charge in [-0.3, -0.25) is 39.1 Å². The molecule has 22 heteroatoms. The average molecular weight is 905 g/mol. The number of hydrazone groups is 2. The molecule has 7 rings (SSSR count). The van der Waals surface area contributed by atoms with Crippen LogP contribution in [0.15, 0.2) is 127 Å². The van der Waals surface area contributed by atoms with Crippen LogP contribution in [0.25, 0.3) is 24.3 Å². The number of Topliss-reactive ketones (excluding diaryl/α,β-unsaturated/α-hetero) is 2. The van der Waals surface area contributed by atoms with E-state index in [1.165, 1.54) is 97.1 Å². The van der Waals surface area contributed by atoms with Crippen molar-refractivity contribution in [2.75, 3.05) is 21.5 Å². The molecule has 0 unspecified atom stereocenters. The van der Waals surface area contributed by atoms with Crippen LogP contribution in [0.1, 0.15) is 43.0 Å². The smallest absolute Gasteiger partial charge is 0.328 e. The third-order valence-electron chi connectivity index (χ3n) is 9.32. The molecule has 20 nitrogen and oxygen atoms in total. The van der Waals surface area contributed by atoms with Crippen molar-refractivity contribution >= 4 is 114 Å². The van der Waals surface area contributed by atoms with Crippen molar-refractivity contribution in [3.63, 3.8) is 0 Å². The lowest BCUT2D eigenvalue weighted by Gasteiger charge is -2.20. The van der Waals surface area contributed by atoms with Crippen molar-refractivity contribution < 1.29 is 55.3 Å². The van der Waals surface area contributed by atoms with Crippen molar-refractivity contribution in [2.45, 2.75) is 0 Å². The Bertz CT molecular complexity index is 3120. The molecule has 0 heterocycles. The van der Waals surface area contributed by atoms with Gasteiger partial charge >= 0.3 is 11.9 Å². The largest absolute Gasteiger partial charge is 0.478 e. The summed E-state index contributed by atoms with van der Waals surface area (Å²) in [6, 6.07) is 19.8. The minimum atomic E-state index is -4.99. The number of hydrogen-bond donors (Lipinski definition) is 8. The molecule has 0 saturated carbocycles. The van der Waals surface area contributed by atoms with E-state index in [4.69, 9.17) is 10.2 Å². The minimum Gasteiger partial charge on any atom is -0.478 e. The van der Waals surface area contributed by atoms with Crippen LogP contribution in [0.2, 0.25) is 0 Å². The predicted octanol–water partition coefficient (Wildman–Crippen LogP) is 4.75. The molecular weight excluding hydrogens is 877 g/mol. The minimum absolute atomic E-state index is 0.0615. The number of benzene rings is 4. The van der Waals surface area contributed by atoms with Crippen molar-refractivity contribution in [1.29, 1.82) is 0 Å². The van der Waals surface area contributed by atoms with Crippen LogP contribution in [-0.2, 0) is 29.8 Å². The van der Waals surface area contributed by atoms with Gasteiger partial charge in [0, 0.05) is 34.7 Å². The molecule has 0 saturated heterocycles. The van der Waals surface area contributed by atoms with Crippen LogP contribution in [-0.4, -0.2) is 71.1 Å². The van der Waals surface area contributed by atoms with Gasteiger partial charge in [-0.15, -0.1) is 0 Å².